The number of fused-ring (bicyclic) bond motifs is 3. The predicted molar refractivity (Wildman–Crippen MR) is 137 cm³/mol. The summed E-state index contributed by atoms with van der Waals surface area (Å²) in [5, 5.41) is 5.28. The predicted octanol–water partition coefficient (Wildman–Crippen LogP) is 3.33. The number of aromatic amines is 1. The maximum atomic E-state index is 13.3. The summed E-state index contributed by atoms with van der Waals surface area (Å²) in [6, 6.07) is 8.50. The summed E-state index contributed by atoms with van der Waals surface area (Å²) >= 11 is 1.55. The van der Waals surface area contributed by atoms with Crippen molar-refractivity contribution in [2.24, 2.45) is 0 Å². The van der Waals surface area contributed by atoms with Gasteiger partial charge in [-0.25, -0.2) is 9.97 Å². The third-order valence-electron chi connectivity index (χ3n) is 7.43. The second-order valence-corrected chi connectivity index (χ2v) is 10.5. The highest BCUT2D eigenvalue weighted by Gasteiger charge is 2.37. The van der Waals surface area contributed by atoms with Crippen LogP contribution in [-0.4, -0.2) is 63.9 Å². The summed E-state index contributed by atoms with van der Waals surface area (Å²) in [5.41, 5.74) is 4.71. The third-order valence-corrected chi connectivity index (χ3v) is 8.38. The van der Waals surface area contributed by atoms with E-state index in [1.165, 1.54) is 12.8 Å². The molecule has 2 fully saturated rings. The molecule has 1 aromatic carbocycles. The van der Waals surface area contributed by atoms with Crippen LogP contribution < -0.4 is 10.2 Å². The normalized spacial score (nSPS) is 20.9. The van der Waals surface area contributed by atoms with Gasteiger partial charge in [0.2, 0.25) is 5.95 Å². The number of aryl methyl sites for hydroxylation is 1. The first kappa shape index (κ1) is 20.8. The van der Waals surface area contributed by atoms with Crippen molar-refractivity contribution in [2.75, 3.05) is 31.1 Å². The second-order valence-electron chi connectivity index (χ2n) is 9.57. The lowest BCUT2D eigenvalue weighted by atomic mass is 9.98. The molecule has 0 saturated carbocycles. The van der Waals surface area contributed by atoms with E-state index in [9.17, 15) is 9.59 Å². The molecule has 0 bridgehead atoms. The van der Waals surface area contributed by atoms with Crippen LogP contribution >= 0.6 is 11.3 Å². The molecule has 1 atom stereocenters. The van der Waals surface area contributed by atoms with E-state index >= 15 is 0 Å². The molecule has 1 unspecified atom stereocenters. The van der Waals surface area contributed by atoms with E-state index in [2.05, 4.69) is 20.1 Å². The molecule has 0 aliphatic carbocycles. The van der Waals surface area contributed by atoms with E-state index in [1.54, 1.807) is 11.3 Å². The van der Waals surface area contributed by atoms with E-state index in [0.717, 1.165) is 58.4 Å². The number of carbonyl (C=O) groups excluding carboxylic acids is 2. The van der Waals surface area contributed by atoms with Crippen molar-refractivity contribution in [3.8, 4) is 0 Å². The maximum absolute atomic E-state index is 13.3. The third kappa shape index (κ3) is 3.22. The number of nitrogens with one attached hydrogen (secondary N) is 2. The fourth-order valence-corrected chi connectivity index (χ4v) is 6.59. The Labute approximate surface area is 205 Å². The Balaban J connectivity index is 1.45. The second kappa shape index (κ2) is 7.73. The highest BCUT2D eigenvalue weighted by atomic mass is 32.1. The van der Waals surface area contributed by atoms with Crippen LogP contribution in [0.15, 0.2) is 35.8 Å². The first-order chi connectivity index (χ1) is 17.1. The smallest absolute Gasteiger partial charge is 0.261 e. The zero-order valence-corrected chi connectivity index (χ0v) is 20.1. The van der Waals surface area contributed by atoms with E-state index in [4.69, 9.17) is 9.97 Å². The van der Waals surface area contributed by atoms with Crippen molar-refractivity contribution in [2.45, 2.75) is 25.8 Å². The number of nitrogens with zero attached hydrogens (tertiary/aromatic N) is 4. The molecule has 176 valence electrons. The Kier molecular flexibility index (Phi) is 4.59. The van der Waals surface area contributed by atoms with Gasteiger partial charge in [-0.15, -0.1) is 11.3 Å². The van der Waals surface area contributed by atoms with Gasteiger partial charge in [0.05, 0.1) is 32.6 Å². The van der Waals surface area contributed by atoms with E-state index in [1.807, 2.05) is 42.8 Å². The summed E-state index contributed by atoms with van der Waals surface area (Å²) in [7, 11) is 0. The van der Waals surface area contributed by atoms with Crippen LogP contribution in [0.1, 0.15) is 29.7 Å². The van der Waals surface area contributed by atoms with Crippen LogP contribution in [0.3, 0.4) is 0 Å². The van der Waals surface area contributed by atoms with Gasteiger partial charge in [0, 0.05) is 42.8 Å². The van der Waals surface area contributed by atoms with Crippen LogP contribution in [0.2, 0.25) is 0 Å². The number of benzene rings is 1. The highest BCUT2D eigenvalue weighted by Crippen LogP contribution is 2.39. The molecule has 0 radical (unpaired) electrons. The lowest BCUT2D eigenvalue weighted by Gasteiger charge is -2.37. The number of piperazine rings is 1. The fraction of sp³-hybridized carbons (Fsp3) is 0.308. The number of hydrogen-bond donors (Lipinski definition) is 2. The molecule has 3 aromatic heterocycles. The molecular formula is C26H24N6O2S. The Morgan fingerprint density at radius 3 is 2.86 bits per heavy atom. The quantitative estimate of drug-likeness (QED) is 0.433. The molecule has 35 heavy (non-hydrogen) atoms. The van der Waals surface area contributed by atoms with Crippen LogP contribution in [0.25, 0.3) is 32.3 Å². The molecule has 6 heterocycles. The monoisotopic (exact) mass is 484 g/mol. The molecule has 2 amide bonds. The molecule has 8 nitrogen and oxygen atoms in total. The number of H-pyrrole nitrogens is 1. The van der Waals surface area contributed by atoms with Crippen molar-refractivity contribution in [3.63, 3.8) is 0 Å². The van der Waals surface area contributed by atoms with Gasteiger partial charge >= 0.3 is 0 Å². The van der Waals surface area contributed by atoms with Gasteiger partial charge in [0.15, 0.2) is 0 Å². The van der Waals surface area contributed by atoms with Crippen molar-refractivity contribution in [3.05, 3.63) is 52.7 Å². The molecule has 4 aromatic rings. The Morgan fingerprint density at radius 2 is 1.94 bits per heavy atom. The highest BCUT2D eigenvalue weighted by molar-refractivity contribution is 7.17. The number of carbonyl (C=O) groups is 2. The Bertz CT molecular complexity index is 1570. The van der Waals surface area contributed by atoms with Gasteiger partial charge in [0.1, 0.15) is 0 Å². The zero-order valence-electron chi connectivity index (χ0n) is 19.3. The van der Waals surface area contributed by atoms with E-state index in [0.29, 0.717) is 28.8 Å². The Hall–Kier alpha value is -3.56. The zero-order chi connectivity index (χ0) is 23.7. The molecule has 0 spiro atoms. The summed E-state index contributed by atoms with van der Waals surface area (Å²) in [4.78, 5) is 44.2. The summed E-state index contributed by atoms with van der Waals surface area (Å²) < 4.78 is 0.953. The lowest BCUT2D eigenvalue weighted by molar-refractivity contribution is -0.122. The number of rotatable bonds is 3. The molecule has 2 N–H and O–H groups in total. The largest absolute Gasteiger partial charge is 0.360 e. The van der Waals surface area contributed by atoms with Gasteiger partial charge in [-0.1, -0.05) is 11.6 Å². The number of amides is 2. The molecule has 9 heteroatoms. The topological polar surface area (TPSA) is 94.2 Å². The number of aromatic nitrogens is 3. The molecule has 7 rings (SSSR count). The summed E-state index contributed by atoms with van der Waals surface area (Å²) in [5.74, 6) is -0.180. The first-order valence-corrected chi connectivity index (χ1v) is 12.9. The standard InChI is InChI=1S/C26H24N6O2S/c1-14-4-5-18-16(11-14)22(29-26(28-18)32-9-8-31-7-2-3-15(31)13-32)21-20(24(33)30-25(21)34)17-12-27-19-6-10-35-23(17)19/h4-6,10-12,15,27H,2-3,7-9,13H2,1H3,(H,30,33,34). The molecular weight excluding hydrogens is 460 g/mol. The van der Waals surface area contributed by atoms with Crippen molar-refractivity contribution >= 4 is 61.4 Å². The van der Waals surface area contributed by atoms with Crippen LogP contribution in [-0.2, 0) is 9.59 Å². The van der Waals surface area contributed by atoms with Crippen molar-refractivity contribution in [1.29, 1.82) is 0 Å². The number of hydrogen-bond acceptors (Lipinski definition) is 7. The minimum Gasteiger partial charge on any atom is -0.360 e. The number of anilines is 1. The SMILES string of the molecule is Cc1ccc2nc(N3CCN4CCCC4C3)nc(C3=C(c4c[nH]c5ccsc45)C(=O)NC3=O)c2c1. The molecule has 3 aliphatic heterocycles. The van der Waals surface area contributed by atoms with Gasteiger partial charge in [-0.3, -0.25) is 19.8 Å². The van der Waals surface area contributed by atoms with Crippen LogP contribution in [0.4, 0.5) is 5.95 Å². The van der Waals surface area contributed by atoms with Gasteiger partial charge in [0.25, 0.3) is 11.8 Å². The lowest BCUT2D eigenvalue weighted by Crippen LogP contribution is -2.50. The summed E-state index contributed by atoms with van der Waals surface area (Å²) in [6.45, 7) is 5.88. The average Bonchev–Trinajstić information content (AvgIpc) is 3.62. The van der Waals surface area contributed by atoms with E-state index < -0.39 is 5.91 Å². The first-order valence-electron chi connectivity index (χ1n) is 12.0. The minimum atomic E-state index is -0.413. The van der Waals surface area contributed by atoms with Gasteiger partial charge in [-0.05, 0) is 49.9 Å². The van der Waals surface area contributed by atoms with Crippen molar-refractivity contribution < 1.29 is 9.59 Å². The van der Waals surface area contributed by atoms with Gasteiger partial charge in [-0.2, -0.15) is 0 Å². The number of thiophene rings is 1. The molecule has 3 aliphatic rings. The van der Waals surface area contributed by atoms with Crippen LogP contribution in [0, 0.1) is 6.92 Å². The average molecular weight is 485 g/mol. The minimum absolute atomic E-state index is 0.322. The number of imide groups is 1. The van der Waals surface area contributed by atoms with Crippen molar-refractivity contribution in [1.82, 2.24) is 25.2 Å². The van der Waals surface area contributed by atoms with E-state index in [-0.39, 0.29) is 5.91 Å². The van der Waals surface area contributed by atoms with Crippen LogP contribution in [0.5, 0.6) is 0 Å². The fourth-order valence-electron chi connectivity index (χ4n) is 5.71. The molecule has 2 saturated heterocycles. The van der Waals surface area contributed by atoms with Gasteiger partial charge < -0.3 is 9.88 Å². The maximum Gasteiger partial charge on any atom is 0.261 e. The Morgan fingerprint density at radius 1 is 1.06 bits per heavy atom. The summed E-state index contributed by atoms with van der Waals surface area (Å²) in [6.07, 6.45) is 4.23.